The topological polar surface area (TPSA) is 95.1 Å². The van der Waals surface area contributed by atoms with E-state index in [4.69, 9.17) is 4.74 Å². The molecule has 1 saturated carbocycles. The highest BCUT2D eigenvalue weighted by atomic mass is 16.5. The van der Waals surface area contributed by atoms with Crippen molar-refractivity contribution in [3.8, 4) is 0 Å². The van der Waals surface area contributed by atoms with E-state index in [1.807, 2.05) is 6.92 Å². The number of hydrogen-bond donors (Lipinski definition) is 3. The third-order valence-electron chi connectivity index (χ3n) is 4.43. The van der Waals surface area contributed by atoms with E-state index >= 15 is 0 Å². The molecule has 1 saturated heterocycles. The number of aliphatic imine (C=N–C) groups is 1. The molecule has 2 rings (SSSR count). The lowest BCUT2D eigenvalue weighted by Crippen LogP contribution is -2.43. The molecule has 1 heterocycles. The fourth-order valence-electron chi connectivity index (χ4n) is 3.09. The number of guanidine groups is 1. The molecule has 0 radical (unpaired) electrons. The molecular weight excluding hydrogens is 322 g/mol. The summed E-state index contributed by atoms with van der Waals surface area (Å²) in [6.45, 7) is 4.84. The zero-order chi connectivity index (χ0) is 17.9. The molecule has 142 valence electrons. The number of carbonyl (C=O) groups excluding carboxylic acids is 2. The summed E-state index contributed by atoms with van der Waals surface area (Å²) < 4.78 is 5.94. The van der Waals surface area contributed by atoms with Crippen LogP contribution in [0.25, 0.3) is 0 Å². The highest BCUT2D eigenvalue weighted by molar-refractivity contribution is 6.01. The molecule has 3 amide bonds. The second kappa shape index (κ2) is 10.9. The van der Waals surface area contributed by atoms with Gasteiger partial charge in [-0.2, -0.15) is 0 Å². The Hall–Kier alpha value is -1.83. The van der Waals surface area contributed by atoms with Crippen LogP contribution in [0.3, 0.4) is 0 Å². The van der Waals surface area contributed by atoms with Crippen LogP contribution in [0, 0.1) is 0 Å². The van der Waals surface area contributed by atoms with Gasteiger partial charge in [0.25, 0.3) is 0 Å². The van der Waals surface area contributed by atoms with Gasteiger partial charge in [-0.3, -0.25) is 14.7 Å². The van der Waals surface area contributed by atoms with Crippen molar-refractivity contribution in [1.82, 2.24) is 20.9 Å². The first-order valence-electron chi connectivity index (χ1n) is 9.42. The first-order chi connectivity index (χ1) is 12.2. The second-order valence-corrected chi connectivity index (χ2v) is 6.38. The molecule has 2 aliphatic rings. The van der Waals surface area contributed by atoms with Gasteiger partial charge in [-0.05, 0) is 19.8 Å². The normalized spacial score (nSPS) is 19.7. The number of amides is 3. The predicted octanol–water partition coefficient (Wildman–Crippen LogP) is 0.833. The minimum atomic E-state index is -0.328. The summed E-state index contributed by atoms with van der Waals surface area (Å²) in [6.07, 6.45) is 7.88. The Balaban J connectivity index is 1.66. The summed E-state index contributed by atoms with van der Waals surface area (Å²) in [5.41, 5.74) is 0. The van der Waals surface area contributed by atoms with Crippen molar-refractivity contribution in [2.45, 2.75) is 51.6 Å². The quantitative estimate of drug-likeness (QED) is 0.198. The Bertz CT molecular complexity index is 445. The van der Waals surface area contributed by atoms with E-state index in [1.165, 1.54) is 30.6 Å². The summed E-state index contributed by atoms with van der Waals surface area (Å²) in [7, 11) is 0. The molecule has 3 N–H and O–H groups in total. The molecule has 0 atom stereocenters. The van der Waals surface area contributed by atoms with Crippen LogP contribution in [0.15, 0.2) is 4.99 Å². The molecule has 0 aromatic heterocycles. The molecule has 8 nitrogen and oxygen atoms in total. The number of nitrogens with one attached hydrogen (secondary N) is 3. The molecule has 0 unspecified atom stereocenters. The Morgan fingerprint density at radius 2 is 2.00 bits per heavy atom. The van der Waals surface area contributed by atoms with Crippen LogP contribution in [0.4, 0.5) is 4.79 Å². The third-order valence-corrected chi connectivity index (χ3v) is 4.43. The SMILES string of the molecule is CCNC(=NCCOC1CCCCCC1)NCCN1C(=O)CNC1=O. The van der Waals surface area contributed by atoms with Crippen LogP contribution in [0.2, 0.25) is 0 Å². The van der Waals surface area contributed by atoms with Gasteiger partial charge in [-0.25, -0.2) is 4.79 Å². The van der Waals surface area contributed by atoms with Gasteiger partial charge in [0.05, 0.1) is 25.8 Å². The molecule has 2 fully saturated rings. The van der Waals surface area contributed by atoms with E-state index < -0.39 is 0 Å². The molecular formula is C17H31N5O3. The number of carbonyl (C=O) groups is 2. The van der Waals surface area contributed by atoms with E-state index in [9.17, 15) is 9.59 Å². The third kappa shape index (κ3) is 6.89. The summed E-state index contributed by atoms with van der Waals surface area (Å²) in [6, 6.07) is -0.328. The number of ether oxygens (including phenoxy) is 1. The molecule has 0 bridgehead atoms. The van der Waals surface area contributed by atoms with Gasteiger partial charge in [0, 0.05) is 19.6 Å². The van der Waals surface area contributed by atoms with Gasteiger partial charge in [-0.15, -0.1) is 0 Å². The lowest BCUT2D eigenvalue weighted by Gasteiger charge is -2.16. The maximum atomic E-state index is 11.5. The van der Waals surface area contributed by atoms with Gasteiger partial charge in [0.1, 0.15) is 0 Å². The van der Waals surface area contributed by atoms with Gasteiger partial charge in [0.2, 0.25) is 5.91 Å². The van der Waals surface area contributed by atoms with Crippen LogP contribution < -0.4 is 16.0 Å². The number of imide groups is 1. The van der Waals surface area contributed by atoms with Gasteiger partial charge in [-0.1, -0.05) is 25.7 Å². The summed E-state index contributed by atoms with van der Waals surface area (Å²) >= 11 is 0. The van der Waals surface area contributed by atoms with E-state index in [1.54, 1.807) is 0 Å². The average molecular weight is 353 g/mol. The van der Waals surface area contributed by atoms with Crippen LogP contribution in [-0.4, -0.2) is 68.2 Å². The molecule has 8 heteroatoms. The minimum Gasteiger partial charge on any atom is -0.376 e. The maximum Gasteiger partial charge on any atom is 0.324 e. The lowest BCUT2D eigenvalue weighted by molar-refractivity contribution is -0.124. The summed E-state index contributed by atoms with van der Waals surface area (Å²) in [4.78, 5) is 28.7. The number of nitrogens with zero attached hydrogens (tertiary/aromatic N) is 2. The van der Waals surface area contributed by atoms with Gasteiger partial charge < -0.3 is 20.7 Å². The number of hydrogen-bond acceptors (Lipinski definition) is 4. The van der Waals surface area contributed by atoms with Crippen molar-refractivity contribution in [3.63, 3.8) is 0 Å². The highest BCUT2D eigenvalue weighted by Crippen LogP contribution is 2.19. The van der Waals surface area contributed by atoms with Crippen LogP contribution in [0.1, 0.15) is 45.4 Å². The number of rotatable bonds is 8. The minimum absolute atomic E-state index is 0.0888. The van der Waals surface area contributed by atoms with Crippen molar-refractivity contribution >= 4 is 17.9 Å². The first kappa shape index (κ1) is 19.5. The first-order valence-corrected chi connectivity index (χ1v) is 9.42. The smallest absolute Gasteiger partial charge is 0.324 e. The molecule has 0 spiro atoms. The Morgan fingerprint density at radius 3 is 2.64 bits per heavy atom. The van der Waals surface area contributed by atoms with Crippen LogP contribution in [-0.2, 0) is 9.53 Å². The second-order valence-electron chi connectivity index (χ2n) is 6.38. The van der Waals surface area contributed by atoms with Crippen molar-refractivity contribution in [1.29, 1.82) is 0 Å². The summed E-state index contributed by atoms with van der Waals surface area (Å²) in [5.74, 6) is 0.490. The van der Waals surface area contributed by atoms with E-state index in [0.717, 1.165) is 19.4 Å². The van der Waals surface area contributed by atoms with Gasteiger partial charge in [0.15, 0.2) is 5.96 Å². The molecule has 1 aliphatic carbocycles. The van der Waals surface area contributed by atoms with Crippen molar-refractivity contribution < 1.29 is 14.3 Å². The van der Waals surface area contributed by atoms with E-state index in [0.29, 0.717) is 38.3 Å². The number of urea groups is 1. The maximum absolute atomic E-state index is 11.5. The van der Waals surface area contributed by atoms with Crippen LogP contribution in [0.5, 0.6) is 0 Å². The van der Waals surface area contributed by atoms with Gasteiger partial charge >= 0.3 is 6.03 Å². The zero-order valence-electron chi connectivity index (χ0n) is 15.2. The van der Waals surface area contributed by atoms with E-state index in [-0.39, 0.29) is 18.5 Å². The lowest BCUT2D eigenvalue weighted by atomic mass is 10.1. The fourth-order valence-corrected chi connectivity index (χ4v) is 3.09. The van der Waals surface area contributed by atoms with Crippen molar-refractivity contribution in [2.24, 2.45) is 4.99 Å². The molecule has 0 aromatic rings. The molecule has 25 heavy (non-hydrogen) atoms. The van der Waals surface area contributed by atoms with Crippen molar-refractivity contribution in [2.75, 3.05) is 39.3 Å². The largest absolute Gasteiger partial charge is 0.376 e. The molecule has 1 aliphatic heterocycles. The predicted molar refractivity (Wildman–Crippen MR) is 96.5 cm³/mol. The van der Waals surface area contributed by atoms with Crippen LogP contribution >= 0.6 is 0 Å². The molecule has 0 aromatic carbocycles. The van der Waals surface area contributed by atoms with E-state index in [2.05, 4.69) is 20.9 Å². The fraction of sp³-hybridized carbons (Fsp3) is 0.824. The monoisotopic (exact) mass is 353 g/mol. The Labute approximate surface area is 149 Å². The average Bonchev–Trinajstić information content (AvgIpc) is 2.81. The van der Waals surface area contributed by atoms with Crippen molar-refractivity contribution in [3.05, 3.63) is 0 Å². The Morgan fingerprint density at radius 1 is 1.24 bits per heavy atom. The standard InChI is InChI=1S/C17H31N5O3/c1-2-18-16(19-9-11-22-15(23)13-21-17(22)24)20-10-12-25-14-7-5-3-4-6-8-14/h14H,2-13H2,1H3,(H,21,24)(H2,18,19,20). The summed E-state index contributed by atoms with van der Waals surface area (Å²) in [5, 5.41) is 8.81. The Kier molecular flexibility index (Phi) is 8.51. The zero-order valence-corrected chi connectivity index (χ0v) is 15.2. The highest BCUT2D eigenvalue weighted by Gasteiger charge is 2.27.